The number of benzene rings is 3. The number of aromatic nitrogens is 3. The average molecular weight is 732 g/mol. The second kappa shape index (κ2) is 16.0. The van der Waals surface area contributed by atoms with Crippen molar-refractivity contribution in [2.45, 2.75) is 44.8 Å². The second-order valence-corrected chi connectivity index (χ2v) is 14.0. The Bertz CT molecular complexity index is 1930. The van der Waals surface area contributed by atoms with Gasteiger partial charge in [0.05, 0.1) is 46.5 Å². The summed E-state index contributed by atoms with van der Waals surface area (Å²) in [5, 5.41) is 14.3. The molecule has 0 unspecified atom stereocenters. The summed E-state index contributed by atoms with van der Waals surface area (Å²) in [7, 11) is -4.09. The highest BCUT2D eigenvalue weighted by atomic mass is 35.5. The van der Waals surface area contributed by atoms with Crippen LogP contribution < -0.4 is 15.6 Å². The lowest BCUT2D eigenvalue weighted by Gasteiger charge is -2.29. The summed E-state index contributed by atoms with van der Waals surface area (Å²) in [5.41, 5.74) is 4.10. The summed E-state index contributed by atoms with van der Waals surface area (Å²) in [6.45, 7) is 1.88. The highest BCUT2D eigenvalue weighted by Crippen LogP contribution is 2.36. The smallest absolute Gasteiger partial charge is 0.372 e. The number of aryl methyl sites for hydroxylation is 1. The van der Waals surface area contributed by atoms with E-state index in [-0.39, 0.29) is 35.9 Å². The van der Waals surface area contributed by atoms with E-state index in [4.69, 9.17) is 21.4 Å². The van der Waals surface area contributed by atoms with Crippen molar-refractivity contribution in [3.63, 3.8) is 0 Å². The molecule has 264 valence electrons. The van der Waals surface area contributed by atoms with Gasteiger partial charge in [0.15, 0.2) is 0 Å². The molecule has 1 aliphatic heterocycles. The minimum Gasteiger partial charge on any atom is -0.372 e. The van der Waals surface area contributed by atoms with Crippen molar-refractivity contribution in [1.29, 1.82) is 0 Å². The Morgan fingerprint density at radius 1 is 1.02 bits per heavy atom. The fourth-order valence-corrected chi connectivity index (χ4v) is 6.23. The number of nitrogens with zero attached hydrogens (tertiary/aromatic N) is 5. The van der Waals surface area contributed by atoms with Gasteiger partial charge in [-0.25, -0.2) is 10.1 Å². The zero-order valence-corrected chi connectivity index (χ0v) is 28.3. The molecule has 12 nitrogen and oxygen atoms in total. The van der Waals surface area contributed by atoms with Gasteiger partial charge in [0.2, 0.25) is 0 Å². The van der Waals surface area contributed by atoms with Crippen LogP contribution in [-0.2, 0) is 23.7 Å². The summed E-state index contributed by atoms with van der Waals surface area (Å²) in [6.07, 6.45) is 1.54. The number of piperidine rings is 1. The molecule has 0 aliphatic carbocycles. The molecule has 17 heteroatoms. The van der Waals surface area contributed by atoms with Gasteiger partial charge in [-0.3, -0.25) is 14.2 Å². The van der Waals surface area contributed by atoms with Crippen LogP contribution in [0.5, 0.6) is 0 Å². The van der Waals surface area contributed by atoms with Gasteiger partial charge in [0.25, 0.3) is 11.8 Å². The van der Waals surface area contributed by atoms with Crippen molar-refractivity contribution in [2.24, 2.45) is 5.10 Å². The Balaban J connectivity index is 1.31. The predicted molar refractivity (Wildman–Crippen MR) is 183 cm³/mol. The first-order valence-electron chi connectivity index (χ1n) is 15.7. The zero-order valence-electron chi connectivity index (χ0n) is 26.6. The molecule has 1 fully saturated rings. The SMILES string of the molecule is O=C(Nc1ccc(N2CCCCC2)cc1C(=O)N/N=C/c1ccc(Cl)c(C(F)(F)F)c1)c1cccc(Cn2cc(CCCP(=O)(O)O)nn2)c1. The number of halogens is 4. The van der Waals surface area contributed by atoms with E-state index in [1.54, 1.807) is 47.3 Å². The van der Waals surface area contributed by atoms with Gasteiger partial charge in [-0.2, -0.15) is 18.3 Å². The predicted octanol–water partition coefficient (Wildman–Crippen LogP) is 6.12. The molecule has 0 saturated carbocycles. The van der Waals surface area contributed by atoms with Crippen LogP contribution in [-0.4, -0.2) is 62.1 Å². The number of carbonyl (C=O) groups is 2. The number of nitrogens with one attached hydrogen (secondary N) is 2. The lowest BCUT2D eigenvalue weighted by molar-refractivity contribution is -0.137. The Morgan fingerprint density at radius 2 is 1.80 bits per heavy atom. The average Bonchev–Trinajstić information content (AvgIpc) is 3.51. The molecule has 1 aliphatic rings. The summed E-state index contributed by atoms with van der Waals surface area (Å²) < 4.78 is 52.5. The van der Waals surface area contributed by atoms with Gasteiger partial charge in [-0.15, -0.1) is 5.10 Å². The third-order valence-corrected chi connectivity index (χ3v) is 9.12. The Labute approximate surface area is 290 Å². The highest BCUT2D eigenvalue weighted by Gasteiger charge is 2.33. The van der Waals surface area contributed by atoms with Crippen molar-refractivity contribution >= 4 is 48.6 Å². The van der Waals surface area contributed by atoms with Crippen molar-refractivity contribution in [2.75, 3.05) is 29.5 Å². The third-order valence-electron chi connectivity index (χ3n) is 7.89. The van der Waals surface area contributed by atoms with Gasteiger partial charge in [0, 0.05) is 30.5 Å². The van der Waals surface area contributed by atoms with Crippen LogP contribution in [0.3, 0.4) is 0 Å². The summed E-state index contributed by atoms with van der Waals surface area (Å²) in [5.74, 6) is -1.18. The standard InChI is InChI=1S/C33H34ClF3N7O5P/c34-29-11-9-22(17-28(29)33(35,36)37)19-38-41-32(46)27-18-26(43-13-2-1-3-14-43)10-12-30(27)39-31(45)24-7-4-6-23(16-24)20-44-21-25(40-42-44)8-5-15-50(47,48)49/h4,6-7,9-12,16-19,21H,1-3,5,8,13-15,20H2,(H,39,45)(H,41,46)(H2,47,48,49)/b38-19+. The van der Waals surface area contributed by atoms with E-state index in [1.807, 2.05) is 6.07 Å². The van der Waals surface area contributed by atoms with E-state index >= 15 is 0 Å². The monoisotopic (exact) mass is 731 g/mol. The maximum absolute atomic E-state index is 13.4. The minimum absolute atomic E-state index is 0.0690. The topological polar surface area (TPSA) is 162 Å². The molecule has 0 atom stereocenters. The van der Waals surface area contributed by atoms with Gasteiger partial charge in [-0.05, 0) is 85.7 Å². The van der Waals surface area contributed by atoms with Gasteiger partial charge >= 0.3 is 13.8 Å². The normalized spacial score (nSPS) is 13.8. The molecule has 0 bridgehead atoms. The summed E-state index contributed by atoms with van der Waals surface area (Å²) in [4.78, 5) is 47.1. The minimum atomic E-state index is -4.66. The second-order valence-electron chi connectivity index (χ2n) is 11.8. The van der Waals surface area contributed by atoms with E-state index in [9.17, 15) is 27.3 Å². The lowest BCUT2D eigenvalue weighted by Crippen LogP contribution is -2.30. The molecule has 0 spiro atoms. The van der Waals surface area contributed by atoms with Crippen LogP contribution in [0.25, 0.3) is 0 Å². The molecule has 5 rings (SSSR count). The molecule has 2 heterocycles. The maximum atomic E-state index is 13.4. The van der Waals surface area contributed by atoms with Crippen molar-refractivity contribution < 1.29 is 37.1 Å². The summed E-state index contributed by atoms with van der Waals surface area (Å²) >= 11 is 5.70. The maximum Gasteiger partial charge on any atom is 0.417 e. The quantitative estimate of drug-likeness (QED) is 0.0771. The van der Waals surface area contributed by atoms with Crippen molar-refractivity contribution in [1.82, 2.24) is 20.4 Å². The van der Waals surface area contributed by atoms with Crippen LogP contribution in [0.2, 0.25) is 5.02 Å². The molecule has 4 aromatic rings. The molecular formula is C33H34ClF3N7O5P. The number of rotatable bonds is 12. The first-order valence-corrected chi connectivity index (χ1v) is 17.9. The van der Waals surface area contributed by atoms with Gasteiger partial charge in [0.1, 0.15) is 0 Å². The first kappa shape index (κ1) is 36.7. The molecule has 1 aromatic heterocycles. The van der Waals surface area contributed by atoms with Gasteiger partial charge in [-0.1, -0.05) is 35.0 Å². The van der Waals surface area contributed by atoms with Crippen LogP contribution in [0, 0.1) is 0 Å². The largest absolute Gasteiger partial charge is 0.417 e. The number of anilines is 2. The Hall–Kier alpha value is -4.56. The first-order chi connectivity index (χ1) is 23.7. The van der Waals surface area contributed by atoms with E-state index in [0.29, 0.717) is 17.7 Å². The number of amides is 2. The number of alkyl halides is 3. The van der Waals surface area contributed by atoms with Crippen LogP contribution in [0.4, 0.5) is 24.5 Å². The molecule has 1 saturated heterocycles. The molecule has 3 aromatic carbocycles. The summed E-state index contributed by atoms with van der Waals surface area (Å²) in [6, 6.07) is 15.1. The Kier molecular flexibility index (Phi) is 11.7. The molecular weight excluding hydrogens is 698 g/mol. The van der Waals surface area contributed by atoms with Crippen molar-refractivity contribution in [3.05, 3.63) is 105 Å². The number of hydrogen-bond donors (Lipinski definition) is 4. The van der Waals surface area contributed by atoms with E-state index < -0.39 is 36.2 Å². The number of carbonyl (C=O) groups excluding carboxylic acids is 2. The van der Waals surface area contributed by atoms with Gasteiger partial charge < -0.3 is 20.0 Å². The fourth-order valence-electron chi connectivity index (χ4n) is 5.43. The molecule has 2 amide bonds. The van der Waals surface area contributed by atoms with E-state index in [0.717, 1.165) is 62.0 Å². The zero-order chi connectivity index (χ0) is 35.9. The Morgan fingerprint density at radius 3 is 2.54 bits per heavy atom. The van der Waals surface area contributed by atoms with Crippen LogP contribution >= 0.6 is 19.2 Å². The number of hydrogen-bond acceptors (Lipinski definition) is 7. The van der Waals surface area contributed by atoms with Crippen LogP contribution in [0.15, 0.2) is 72.0 Å². The van der Waals surface area contributed by atoms with Crippen molar-refractivity contribution in [3.8, 4) is 0 Å². The highest BCUT2D eigenvalue weighted by molar-refractivity contribution is 7.51. The number of hydrazone groups is 1. The van der Waals surface area contributed by atoms with E-state index in [1.165, 1.54) is 6.07 Å². The molecule has 0 radical (unpaired) electrons. The van der Waals surface area contributed by atoms with E-state index in [2.05, 4.69) is 31.1 Å². The third kappa shape index (κ3) is 10.2. The molecule has 50 heavy (non-hydrogen) atoms. The molecule has 4 N–H and O–H groups in total. The lowest BCUT2D eigenvalue weighted by atomic mass is 10.1. The fraction of sp³-hybridized carbons (Fsp3) is 0.303. The van der Waals surface area contributed by atoms with Crippen LogP contribution in [0.1, 0.15) is 68.8 Å².